The summed E-state index contributed by atoms with van der Waals surface area (Å²) in [5.74, 6) is 0. The Morgan fingerprint density at radius 1 is 1.00 bits per heavy atom. The zero-order chi connectivity index (χ0) is 12.3. The van der Waals surface area contributed by atoms with Crippen LogP contribution in [0, 0.1) is 6.92 Å². The number of hydrogen-bond donors (Lipinski definition) is 2. The van der Waals surface area contributed by atoms with E-state index in [0.717, 1.165) is 10.5 Å². The van der Waals surface area contributed by atoms with E-state index in [1.807, 2.05) is 37.3 Å². The molecule has 2 aromatic carbocycles. The maximum atomic E-state index is 12.2. The van der Waals surface area contributed by atoms with E-state index in [4.69, 9.17) is 0 Å². The monoisotopic (exact) mass is 266 g/mol. The van der Waals surface area contributed by atoms with E-state index >= 15 is 0 Å². The van der Waals surface area contributed by atoms with E-state index in [-0.39, 0.29) is 0 Å². The second kappa shape index (κ2) is 5.04. The summed E-state index contributed by atoms with van der Waals surface area (Å²) < 4.78 is 22.2. The lowest BCUT2D eigenvalue weighted by Crippen LogP contribution is -1.99. The lowest BCUT2D eigenvalue weighted by Gasteiger charge is -2.04. The molecule has 0 aliphatic carbocycles. The molecule has 1 atom stereocenters. The highest BCUT2D eigenvalue weighted by atomic mass is 32.9. The molecule has 0 saturated heterocycles. The number of benzene rings is 2. The Hall–Kier alpha value is -1.10. The Morgan fingerprint density at radius 2 is 1.59 bits per heavy atom. The van der Waals surface area contributed by atoms with Crippen molar-refractivity contribution in [1.29, 1.82) is 0 Å². The summed E-state index contributed by atoms with van der Waals surface area (Å²) >= 11 is 0. The molecule has 0 aliphatic heterocycles. The van der Waals surface area contributed by atoms with Crippen LogP contribution in [0.4, 0.5) is 0 Å². The summed E-state index contributed by atoms with van der Waals surface area (Å²) in [4.78, 5) is 1.33. The maximum absolute atomic E-state index is 12.2. The summed E-state index contributed by atoms with van der Waals surface area (Å²) in [6.45, 7) is 1.99. The van der Waals surface area contributed by atoms with Crippen molar-refractivity contribution in [1.82, 2.24) is 0 Å². The fourth-order valence-corrected chi connectivity index (χ4v) is 4.48. The van der Waals surface area contributed by atoms with Gasteiger partial charge in [0.2, 0.25) is 0 Å². The molecular formula is C13H14O2S2. The SMILES string of the molecule is Cc1ccc([SH]=S(=O)(O)c2ccccc2)cc1. The van der Waals surface area contributed by atoms with Gasteiger partial charge in [0.25, 0.3) is 0 Å². The molecule has 0 aliphatic rings. The average molecular weight is 266 g/mol. The van der Waals surface area contributed by atoms with E-state index in [2.05, 4.69) is 0 Å². The second-order valence-corrected chi connectivity index (χ2v) is 7.93. The zero-order valence-corrected chi connectivity index (χ0v) is 11.1. The van der Waals surface area contributed by atoms with Gasteiger partial charge in [0.15, 0.2) is 0 Å². The highest BCUT2D eigenvalue weighted by molar-refractivity contribution is 8.36. The fourth-order valence-electron chi connectivity index (χ4n) is 1.40. The normalized spacial score (nSPS) is 14.2. The molecule has 0 heterocycles. The fraction of sp³-hybridized carbons (Fsp3) is 0.0769. The van der Waals surface area contributed by atoms with Gasteiger partial charge < -0.3 is 4.55 Å². The summed E-state index contributed by atoms with van der Waals surface area (Å²) in [6.07, 6.45) is 0. The number of aryl methyl sites for hydroxylation is 1. The van der Waals surface area contributed by atoms with Gasteiger partial charge >= 0.3 is 0 Å². The van der Waals surface area contributed by atoms with Crippen LogP contribution in [0.1, 0.15) is 5.56 Å². The lowest BCUT2D eigenvalue weighted by atomic mass is 10.2. The van der Waals surface area contributed by atoms with E-state index in [9.17, 15) is 8.76 Å². The zero-order valence-electron chi connectivity index (χ0n) is 9.41. The van der Waals surface area contributed by atoms with Crippen LogP contribution in [0.3, 0.4) is 0 Å². The molecule has 0 bridgehead atoms. The Morgan fingerprint density at radius 3 is 2.18 bits per heavy atom. The van der Waals surface area contributed by atoms with E-state index in [1.54, 1.807) is 24.3 Å². The maximum Gasteiger partial charge on any atom is 0.134 e. The molecule has 0 amide bonds. The molecular weight excluding hydrogens is 252 g/mol. The van der Waals surface area contributed by atoms with Gasteiger partial charge in [-0.05, 0) is 31.2 Å². The lowest BCUT2D eigenvalue weighted by molar-refractivity contribution is 0.561. The van der Waals surface area contributed by atoms with Gasteiger partial charge in [0.1, 0.15) is 8.77 Å². The molecule has 17 heavy (non-hydrogen) atoms. The molecule has 0 aromatic heterocycles. The first-order valence-electron chi connectivity index (χ1n) is 5.19. The smallest absolute Gasteiger partial charge is 0.134 e. The van der Waals surface area contributed by atoms with Crippen LogP contribution in [-0.2, 0) is 19.1 Å². The minimum Gasteiger partial charge on any atom is -0.306 e. The van der Waals surface area contributed by atoms with Crippen molar-refractivity contribution in [2.24, 2.45) is 0 Å². The first kappa shape index (κ1) is 12.4. The highest BCUT2D eigenvalue weighted by Crippen LogP contribution is 2.12. The van der Waals surface area contributed by atoms with Gasteiger partial charge in [0.05, 0.1) is 4.90 Å². The molecule has 2 aromatic rings. The topological polar surface area (TPSA) is 37.3 Å². The number of hydrogen-bond acceptors (Lipinski definition) is 1. The Labute approximate surface area is 105 Å². The van der Waals surface area contributed by atoms with Crippen LogP contribution < -0.4 is 0 Å². The molecule has 90 valence electrons. The predicted octanol–water partition coefficient (Wildman–Crippen LogP) is 2.90. The van der Waals surface area contributed by atoms with Crippen LogP contribution in [0.2, 0.25) is 0 Å². The number of thiol groups is 1. The average Bonchev–Trinajstić information content (AvgIpc) is 2.33. The molecule has 1 unspecified atom stereocenters. The summed E-state index contributed by atoms with van der Waals surface area (Å²) in [7, 11) is -2.56. The van der Waals surface area contributed by atoms with Crippen molar-refractivity contribution in [3.63, 3.8) is 0 Å². The molecule has 2 rings (SSSR count). The largest absolute Gasteiger partial charge is 0.306 e. The Balaban J connectivity index is 2.46. The third-order valence-electron chi connectivity index (χ3n) is 2.31. The third kappa shape index (κ3) is 3.19. The first-order valence-corrected chi connectivity index (χ1v) is 8.21. The van der Waals surface area contributed by atoms with Gasteiger partial charge in [-0.2, -0.15) is 0 Å². The summed E-state index contributed by atoms with van der Waals surface area (Å²) in [6, 6.07) is 16.4. The van der Waals surface area contributed by atoms with Crippen molar-refractivity contribution in [3.8, 4) is 0 Å². The predicted molar refractivity (Wildman–Crippen MR) is 73.7 cm³/mol. The van der Waals surface area contributed by atoms with Gasteiger partial charge in [-0.1, -0.05) is 46.2 Å². The van der Waals surface area contributed by atoms with Crippen LogP contribution in [0.25, 0.3) is 0 Å². The van der Waals surface area contributed by atoms with E-state index in [1.165, 1.54) is 0 Å². The van der Waals surface area contributed by atoms with Crippen molar-refractivity contribution in [2.75, 3.05) is 0 Å². The molecule has 0 spiro atoms. The van der Waals surface area contributed by atoms with Gasteiger partial charge in [-0.25, -0.2) is 4.21 Å². The summed E-state index contributed by atoms with van der Waals surface area (Å²) in [5, 5.41) is 0. The van der Waals surface area contributed by atoms with Crippen molar-refractivity contribution < 1.29 is 8.76 Å². The third-order valence-corrected chi connectivity index (χ3v) is 5.96. The molecule has 2 nitrogen and oxygen atoms in total. The minimum absolute atomic E-state index is 0.440. The highest BCUT2D eigenvalue weighted by Gasteiger charge is 2.05. The van der Waals surface area contributed by atoms with Crippen molar-refractivity contribution in [3.05, 3.63) is 60.2 Å². The molecule has 0 radical (unpaired) electrons. The quantitative estimate of drug-likeness (QED) is 0.820. The molecule has 0 saturated carbocycles. The second-order valence-electron chi connectivity index (χ2n) is 3.74. The van der Waals surface area contributed by atoms with E-state index in [0.29, 0.717) is 15.2 Å². The standard InChI is InChI=1S/C13H14O2S2/c1-11-7-9-12(10-8-11)16-17(14,15)13-5-3-2-4-6-13/h2-10,16H,1H3,(H,14,15). The van der Waals surface area contributed by atoms with Crippen LogP contribution in [0.15, 0.2) is 64.4 Å². The van der Waals surface area contributed by atoms with Crippen molar-refractivity contribution >= 4 is 19.1 Å². The van der Waals surface area contributed by atoms with Crippen LogP contribution >= 0.6 is 0 Å². The molecule has 4 heteroatoms. The van der Waals surface area contributed by atoms with Crippen molar-refractivity contribution in [2.45, 2.75) is 16.7 Å². The van der Waals surface area contributed by atoms with E-state index < -0.39 is 8.77 Å². The summed E-state index contributed by atoms with van der Waals surface area (Å²) in [5.41, 5.74) is 1.15. The Kier molecular flexibility index (Phi) is 3.66. The number of rotatable bonds is 2. The van der Waals surface area contributed by atoms with Gasteiger partial charge in [-0.15, -0.1) is 0 Å². The van der Waals surface area contributed by atoms with Gasteiger partial charge in [-0.3, -0.25) is 0 Å². The molecule has 1 N–H and O–H groups in total. The van der Waals surface area contributed by atoms with Crippen LogP contribution in [0.5, 0.6) is 0 Å². The van der Waals surface area contributed by atoms with Crippen LogP contribution in [-0.4, -0.2) is 8.76 Å². The minimum atomic E-state index is -3.00. The van der Waals surface area contributed by atoms with Gasteiger partial charge in [0, 0.05) is 4.90 Å². The Bertz CT molecular complexity index is 610. The molecule has 0 fully saturated rings. The first-order chi connectivity index (χ1) is 8.08.